The first-order valence-electron chi connectivity index (χ1n) is 10.9. The quantitative estimate of drug-likeness (QED) is 0.292. The van der Waals surface area contributed by atoms with E-state index in [9.17, 15) is 9.59 Å². The number of hydrogen-bond donors (Lipinski definition) is 3. The van der Waals surface area contributed by atoms with E-state index in [1.807, 2.05) is 23.6 Å². The molecule has 1 aromatic carbocycles. The van der Waals surface area contributed by atoms with Crippen molar-refractivity contribution in [3.8, 4) is 10.4 Å². The molecule has 0 spiro atoms. The van der Waals surface area contributed by atoms with Crippen molar-refractivity contribution in [1.29, 1.82) is 0 Å². The molecule has 0 aliphatic heterocycles. The Morgan fingerprint density at radius 2 is 2.12 bits per heavy atom. The number of rotatable bonds is 8. The number of aromatic nitrogens is 6. The Morgan fingerprint density at radius 1 is 1.24 bits per heavy atom. The summed E-state index contributed by atoms with van der Waals surface area (Å²) in [5, 5.41) is 9.71. The van der Waals surface area contributed by atoms with Crippen molar-refractivity contribution in [2.75, 3.05) is 18.5 Å². The molecule has 174 valence electrons. The molecule has 0 fully saturated rings. The molecule has 0 saturated heterocycles. The van der Waals surface area contributed by atoms with E-state index in [-0.39, 0.29) is 11.5 Å². The Labute approximate surface area is 198 Å². The van der Waals surface area contributed by atoms with E-state index in [2.05, 4.69) is 30.5 Å². The highest BCUT2D eigenvalue weighted by molar-refractivity contribution is 7.17. The van der Waals surface area contributed by atoms with Crippen LogP contribution in [-0.2, 0) is 11.3 Å². The molecule has 4 aromatic heterocycles. The Hall–Kier alpha value is -3.83. The van der Waals surface area contributed by atoms with Crippen LogP contribution in [0.15, 0.2) is 41.5 Å². The van der Waals surface area contributed by atoms with Gasteiger partial charge in [0, 0.05) is 36.4 Å². The van der Waals surface area contributed by atoms with Gasteiger partial charge in [0.1, 0.15) is 5.69 Å². The van der Waals surface area contributed by atoms with E-state index >= 15 is 0 Å². The number of thiophene rings is 1. The zero-order chi connectivity index (χ0) is 23.7. The van der Waals surface area contributed by atoms with E-state index in [4.69, 9.17) is 4.74 Å². The minimum atomic E-state index is -0.243. The van der Waals surface area contributed by atoms with Gasteiger partial charge in [-0.2, -0.15) is 5.10 Å². The summed E-state index contributed by atoms with van der Waals surface area (Å²) in [5.41, 5.74) is 3.83. The molecule has 0 saturated carbocycles. The fourth-order valence-corrected chi connectivity index (χ4v) is 4.63. The van der Waals surface area contributed by atoms with Crippen LogP contribution in [0.5, 0.6) is 0 Å². The van der Waals surface area contributed by atoms with Crippen molar-refractivity contribution in [2.45, 2.75) is 26.8 Å². The lowest BCUT2D eigenvalue weighted by Crippen LogP contribution is -2.15. The number of nitrogens with zero attached hydrogens (tertiary/aromatic N) is 4. The number of aryl methyl sites for hydroxylation is 2. The highest BCUT2D eigenvalue weighted by Crippen LogP contribution is 2.29. The number of fused-ring (bicyclic) bond motifs is 2. The van der Waals surface area contributed by atoms with Crippen molar-refractivity contribution < 1.29 is 9.53 Å². The average molecular weight is 478 g/mol. The van der Waals surface area contributed by atoms with Gasteiger partial charge in [-0.3, -0.25) is 20.0 Å². The molecule has 11 heteroatoms. The standard InChI is InChI=1S/C23H23N7O3S/c1-3-33-8-4-7-30-18-10-16-15(27-21(31)13(2)26-16)9-17(18)28-23(30)29-22(32)20-6-5-19(34-20)14-11-24-25-12-14/h5-6,9-12H,3-4,7-8H2,1-2H3,(H,24,25)(H,27,31)(H,28,29,32). The molecule has 0 radical (unpaired) electrons. The monoisotopic (exact) mass is 477 g/mol. The van der Waals surface area contributed by atoms with Crippen molar-refractivity contribution >= 4 is 45.3 Å². The number of amides is 1. The van der Waals surface area contributed by atoms with Crippen LogP contribution in [0, 0.1) is 6.92 Å². The van der Waals surface area contributed by atoms with E-state index < -0.39 is 0 Å². The molecule has 10 nitrogen and oxygen atoms in total. The van der Waals surface area contributed by atoms with Gasteiger partial charge >= 0.3 is 0 Å². The lowest BCUT2D eigenvalue weighted by molar-refractivity contribution is 0.102. The molecule has 34 heavy (non-hydrogen) atoms. The summed E-state index contributed by atoms with van der Waals surface area (Å²) in [7, 11) is 0. The number of carbonyl (C=O) groups excluding carboxylic acids is 1. The van der Waals surface area contributed by atoms with Crippen LogP contribution in [0.2, 0.25) is 0 Å². The second kappa shape index (κ2) is 9.20. The maximum atomic E-state index is 13.1. The van der Waals surface area contributed by atoms with Gasteiger partial charge in [-0.05, 0) is 44.5 Å². The second-order valence-electron chi connectivity index (χ2n) is 7.75. The second-order valence-corrected chi connectivity index (χ2v) is 8.84. The Bertz CT molecular complexity index is 1530. The number of benzene rings is 1. The van der Waals surface area contributed by atoms with Crippen LogP contribution >= 0.6 is 11.3 Å². The number of ether oxygens (including phenoxy) is 1. The van der Waals surface area contributed by atoms with Gasteiger partial charge in [-0.1, -0.05) is 0 Å². The fraction of sp³-hybridized carbons (Fsp3) is 0.261. The van der Waals surface area contributed by atoms with Crippen molar-refractivity contribution in [2.24, 2.45) is 0 Å². The highest BCUT2D eigenvalue weighted by Gasteiger charge is 2.18. The zero-order valence-corrected chi connectivity index (χ0v) is 19.5. The molecule has 5 rings (SSSR count). The van der Waals surface area contributed by atoms with Gasteiger partial charge in [-0.25, -0.2) is 9.97 Å². The Kier molecular flexibility index (Phi) is 5.95. The largest absolute Gasteiger partial charge is 0.382 e. The third-order valence-electron chi connectivity index (χ3n) is 5.44. The molecule has 1 amide bonds. The summed E-state index contributed by atoms with van der Waals surface area (Å²) >= 11 is 1.38. The van der Waals surface area contributed by atoms with Gasteiger partial charge in [0.25, 0.3) is 11.5 Å². The first-order valence-corrected chi connectivity index (χ1v) is 11.7. The van der Waals surface area contributed by atoms with Crippen LogP contribution in [0.1, 0.15) is 28.7 Å². The number of H-pyrrole nitrogens is 2. The minimum absolute atomic E-state index is 0.234. The zero-order valence-electron chi connectivity index (χ0n) is 18.7. The smallest absolute Gasteiger partial charge is 0.269 e. The number of imidazole rings is 1. The maximum Gasteiger partial charge on any atom is 0.269 e. The van der Waals surface area contributed by atoms with Gasteiger partial charge in [-0.15, -0.1) is 11.3 Å². The number of anilines is 1. The third-order valence-corrected chi connectivity index (χ3v) is 6.58. The summed E-state index contributed by atoms with van der Waals surface area (Å²) in [4.78, 5) is 38.5. The van der Waals surface area contributed by atoms with Crippen LogP contribution in [0.3, 0.4) is 0 Å². The molecular formula is C23H23N7O3S. The summed E-state index contributed by atoms with van der Waals surface area (Å²) in [6, 6.07) is 7.36. The highest BCUT2D eigenvalue weighted by atomic mass is 32.1. The molecule has 0 aliphatic carbocycles. The molecule has 0 unspecified atom stereocenters. The summed E-state index contributed by atoms with van der Waals surface area (Å²) < 4.78 is 7.45. The van der Waals surface area contributed by atoms with E-state index in [1.165, 1.54) is 11.3 Å². The van der Waals surface area contributed by atoms with Crippen LogP contribution in [0.25, 0.3) is 32.5 Å². The van der Waals surface area contributed by atoms with Gasteiger partial charge < -0.3 is 14.3 Å². The lowest BCUT2D eigenvalue weighted by atomic mass is 10.2. The fourth-order valence-electron chi connectivity index (χ4n) is 3.75. The van der Waals surface area contributed by atoms with Crippen LogP contribution in [-0.4, -0.2) is 48.8 Å². The Morgan fingerprint density at radius 3 is 2.91 bits per heavy atom. The Balaban J connectivity index is 1.51. The normalized spacial score (nSPS) is 11.5. The molecule has 0 aliphatic rings. The first kappa shape index (κ1) is 22.0. The van der Waals surface area contributed by atoms with Crippen LogP contribution in [0.4, 0.5) is 5.95 Å². The van der Waals surface area contributed by atoms with Crippen molar-refractivity contribution in [3.05, 3.63) is 57.6 Å². The van der Waals surface area contributed by atoms with Gasteiger partial charge in [0.15, 0.2) is 0 Å². The van der Waals surface area contributed by atoms with E-state index in [0.717, 1.165) is 22.4 Å². The molecule has 0 atom stereocenters. The lowest BCUT2D eigenvalue weighted by Gasteiger charge is -2.10. The molecule has 4 heterocycles. The number of hydrogen-bond acceptors (Lipinski definition) is 7. The van der Waals surface area contributed by atoms with Crippen molar-refractivity contribution in [1.82, 2.24) is 29.7 Å². The van der Waals surface area contributed by atoms with Gasteiger partial charge in [0.2, 0.25) is 5.95 Å². The minimum Gasteiger partial charge on any atom is -0.382 e. The SMILES string of the molecule is CCOCCCn1c(NC(=O)c2ccc(-c3cn[nH]c3)s2)nc2cc3[nH]c(=O)c(C)nc3cc21. The van der Waals surface area contributed by atoms with Crippen LogP contribution < -0.4 is 10.9 Å². The predicted molar refractivity (Wildman–Crippen MR) is 131 cm³/mol. The molecule has 0 bridgehead atoms. The number of nitrogens with one attached hydrogen (secondary N) is 3. The topological polar surface area (TPSA) is 131 Å². The number of aromatic amines is 2. The predicted octanol–water partition coefficient (Wildman–Crippen LogP) is 3.71. The molecule has 3 N–H and O–H groups in total. The van der Waals surface area contributed by atoms with Gasteiger partial charge in [0.05, 0.1) is 33.1 Å². The van der Waals surface area contributed by atoms with E-state index in [0.29, 0.717) is 52.8 Å². The number of carbonyl (C=O) groups is 1. The first-order chi connectivity index (χ1) is 16.5. The molecule has 5 aromatic rings. The maximum absolute atomic E-state index is 13.1. The molecular weight excluding hydrogens is 454 g/mol. The van der Waals surface area contributed by atoms with Crippen molar-refractivity contribution in [3.63, 3.8) is 0 Å². The third kappa shape index (κ3) is 4.22. The average Bonchev–Trinajstić information content (AvgIpc) is 3.56. The van der Waals surface area contributed by atoms with E-state index in [1.54, 1.807) is 31.5 Å². The summed E-state index contributed by atoms with van der Waals surface area (Å²) in [6.07, 6.45) is 4.26. The summed E-state index contributed by atoms with van der Waals surface area (Å²) in [6.45, 7) is 5.47. The summed E-state index contributed by atoms with van der Waals surface area (Å²) in [5.74, 6) is 0.192.